The summed E-state index contributed by atoms with van der Waals surface area (Å²) in [6.45, 7) is 1.09. The van der Waals surface area contributed by atoms with Gasteiger partial charge in [0.15, 0.2) is 0 Å². The van der Waals surface area contributed by atoms with Crippen LogP contribution in [0.1, 0.15) is 30.4 Å². The normalized spacial score (nSPS) is 17.7. The lowest BCUT2D eigenvalue weighted by atomic mass is 10.0. The second-order valence-electron chi connectivity index (χ2n) is 8.12. The minimum Gasteiger partial charge on any atom is -0.481 e. The molecule has 2 heterocycles. The number of carbonyl (C=O) groups is 4. The Labute approximate surface area is 218 Å². The van der Waals surface area contributed by atoms with Crippen LogP contribution in [-0.4, -0.2) is 93.3 Å². The molecular weight excluding hydrogens is 535 g/mol. The fourth-order valence-corrected chi connectivity index (χ4v) is 4.29. The SMILES string of the molecule is N=C(N)c1ccc(C2=NOC(CC(=O)N[C@@H](CC(=O)O)C(=O)N3CCSCC3)C2)cc1.O=C(O)C(F)(F)F. The number of carboxylic acid groups (broad SMARTS) is 2. The van der Waals surface area contributed by atoms with Crippen molar-refractivity contribution in [3.63, 3.8) is 0 Å². The van der Waals surface area contributed by atoms with Gasteiger partial charge in [-0.15, -0.1) is 0 Å². The highest BCUT2D eigenvalue weighted by atomic mass is 32.2. The number of nitrogens with zero attached hydrogens (tertiary/aromatic N) is 2. The quantitative estimate of drug-likeness (QED) is 0.227. The van der Waals surface area contributed by atoms with Crippen LogP contribution in [-0.2, 0) is 24.0 Å². The molecule has 0 aromatic heterocycles. The summed E-state index contributed by atoms with van der Waals surface area (Å²) in [4.78, 5) is 52.2. The molecule has 12 nitrogen and oxygen atoms in total. The molecule has 38 heavy (non-hydrogen) atoms. The first-order valence-electron chi connectivity index (χ1n) is 11.1. The minimum atomic E-state index is -5.08. The average molecular weight is 562 g/mol. The largest absolute Gasteiger partial charge is 0.490 e. The monoisotopic (exact) mass is 561 g/mol. The number of nitrogens with two attached hydrogens (primary N) is 1. The molecule has 2 amide bonds. The van der Waals surface area contributed by atoms with Crippen LogP contribution in [0, 0.1) is 5.41 Å². The Morgan fingerprint density at radius 3 is 2.26 bits per heavy atom. The zero-order valence-electron chi connectivity index (χ0n) is 19.9. The molecule has 0 radical (unpaired) electrons. The van der Waals surface area contributed by atoms with Gasteiger partial charge in [0, 0.05) is 36.6 Å². The smallest absolute Gasteiger partial charge is 0.481 e. The molecule has 2 aliphatic rings. The molecule has 16 heteroatoms. The fraction of sp³-hybridized carbons (Fsp3) is 0.455. The summed E-state index contributed by atoms with van der Waals surface area (Å²) in [7, 11) is 0. The van der Waals surface area contributed by atoms with Crippen LogP contribution in [0.2, 0.25) is 0 Å². The third kappa shape index (κ3) is 9.57. The van der Waals surface area contributed by atoms with E-state index in [0.29, 0.717) is 30.8 Å². The maximum atomic E-state index is 12.7. The number of carboxylic acids is 2. The number of thioether (sulfide) groups is 1. The van der Waals surface area contributed by atoms with Crippen molar-refractivity contribution in [2.45, 2.75) is 37.6 Å². The molecule has 1 unspecified atom stereocenters. The lowest BCUT2D eigenvalue weighted by molar-refractivity contribution is -0.192. The summed E-state index contributed by atoms with van der Waals surface area (Å²) in [6.07, 6.45) is -5.70. The molecule has 1 aromatic rings. The van der Waals surface area contributed by atoms with Crippen LogP contribution in [0.15, 0.2) is 29.4 Å². The van der Waals surface area contributed by atoms with E-state index in [1.807, 2.05) is 0 Å². The van der Waals surface area contributed by atoms with E-state index in [2.05, 4.69) is 10.5 Å². The Kier molecular flexibility index (Phi) is 10.9. The molecule has 6 N–H and O–H groups in total. The number of amidine groups is 1. The number of benzene rings is 1. The van der Waals surface area contributed by atoms with Gasteiger partial charge in [-0.05, 0) is 5.56 Å². The van der Waals surface area contributed by atoms with Gasteiger partial charge in [-0.3, -0.25) is 19.8 Å². The number of carbonyl (C=O) groups excluding carboxylic acids is 2. The zero-order chi connectivity index (χ0) is 28.5. The Morgan fingerprint density at radius 1 is 1.18 bits per heavy atom. The Morgan fingerprint density at radius 2 is 1.76 bits per heavy atom. The second-order valence-corrected chi connectivity index (χ2v) is 9.35. The number of hydrogen-bond donors (Lipinski definition) is 5. The van der Waals surface area contributed by atoms with Crippen LogP contribution in [0.5, 0.6) is 0 Å². The zero-order valence-corrected chi connectivity index (χ0v) is 20.7. The molecule has 0 spiro atoms. The Bertz CT molecular complexity index is 1080. The van der Waals surface area contributed by atoms with Crippen molar-refractivity contribution >= 4 is 47.1 Å². The van der Waals surface area contributed by atoms with E-state index in [0.717, 1.165) is 17.1 Å². The van der Waals surface area contributed by atoms with E-state index < -0.39 is 42.6 Å². The van der Waals surface area contributed by atoms with Gasteiger partial charge in [0.25, 0.3) is 0 Å². The highest BCUT2D eigenvalue weighted by molar-refractivity contribution is 7.99. The first-order chi connectivity index (χ1) is 17.8. The molecule has 0 aliphatic carbocycles. The molecule has 0 bridgehead atoms. The number of halogens is 3. The number of nitrogen functional groups attached to an aromatic ring is 1. The van der Waals surface area contributed by atoms with E-state index in [4.69, 9.17) is 31.0 Å². The third-order valence-electron chi connectivity index (χ3n) is 5.25. The summed E-state index contributed by atoms with van der Waals surface area (Å²) in [6, 6.07) is 5.87. The molecule has 208 valence electrons. The van der Waals surface area contributed by atoms with Crippen molar-refractivity contribution in [2.24, 2.45) is 10.9 Å². The molecule has 1 aromatic carbocycles. The minimum absolute atomic E-state index is 0.0283. The Hall–Kier alpha value is -3.82. The van der Waals surface area contributed by atoms with Crippen molar-refractivity contribution in [1.29, 1.82) is 5.41 Å². The molecule has 2 aliphatic heterocycles. The summed E-state index contributed by atoms with van der Waals surface area (Å²) in [5.74, 6) is -3.18. The van der Waals surface area contributed by atoms with Crippen molar-refractivity contribution in [3.8, 4) is 0 Å². The van der Waals surface area contributed by atoms with E-state index in [9.17, 15) is 27.6 Å². The molecule has 3 rings (SSSR count). The van der Waals surface area contributed by atoms with E-state index >= 15 is 0 Å². The van der Waals surface area contributed by atoms with E-state index in [1.165, 1.54) is 0 Å². The van der Waals surface area contributed by atoms with E-state index in [-0.39, 0.29) is 18.2 Å². The summed E-state index contributed by atoms with van der Waals surface area (Å²) < 4.78 is 31.7. The number of nitrogens with one attached hydrogen (secondary N) is 2. The third-order valence-corrected chi connectivity index (χ3v) is 6.19. The molecule has 2 atom stereocenters. The van der Waals surface area contributed by atoms with Crippen LogP contribution >= 0.6 is 11.8 Å². The van der Waals surface area contributed by atoms with Gasteiger partial charge in [0.2, 0.25) is 11.8 Å². The van der Waals surface area contributed by atoms with Crippen LogP contribution in [0.4, 0.5) is 13.2 Å². The highest BCUT2D eigenvalue weighted by Crippen LogP contribution is 2.20. The van der Waals surface area contributed by atoms with Crippen molar-refractivity contribution in [3.05, 3.63) is 35.4 Å². The standard InChI is InChI=1S/C20H25N5O5S.C2HF3O2/c21-19(22)13-3-1-12(2-4-13)15-9-14(30-24-15)10-17(26)23-16(11-18(27)28)20(29)25-5-7-31-8-6-25;3-2(4,5)1(6)7/h1-4,14,16H,5-11H2,(H3,21,22)(H,23,26)(H,27,28);(H,6,7)/t14?,16-;/m0./s1. The number of amides is 2. The predicted octanol–water partition coefficient (Wildman–Crippen LogP) is 1.02. The average Bonchev–Trinajstić information content (AvgIpc) is 3.31. The van der Waals surface area contributed by atoms with Crippen LogP contribution < -0.4 is 11.1 Å². The molecular formula is C22H26F3N5O7S. The van der Waals surface area contributed by atoms with Crippen LogP contribution in [0.25, 0.3) is 0 Å². The van der Waals surface area contributed by atoms with Crippen molar-refractivity contribution in [1.82, 2.24) is 10.2 Å². The van der Waals surface area contributed by atoms with Gasteiger partial charge in [-0.25, -0.2) is 4.79 Å². The van der Waals surface area contributed by atoms with Gasteiger partial charge >= 0.3 is 18.1 Å². The highest BCUT2D eigenvalue weighted by Gasteiger charge is 2.38. The first kappa shape index (κ1) is 30.4. The maximum Gasteiger partial charge on any atom is 0.490 e. The van der Waals surface area contributed by atoms with Crippen molar-refractivity contribution < 1.29 is 47.4 Å². The summed E-state index contributed by atoms with van der Waals surface area (Å²) in [5.41, 5.74) is 7.51. The van der Waals surface area contributed by atoms with Gasteiger partial charge < -0.3 is 31.0 Å². The molecule has 0 saturated carbocycles. The number of aliphatic carboxylic acids is 2. The number of hydrogen-bond acceptors (Lipinski definition) is 8. The van der Waals surface area contributed by atoms with Gasteiger partial charge in [0.1, 0.15) is 18.0 Å². The van der Waals surface area contributed by atoms with Gasteiger partial charge in [-0.2, -0.15) is 24.9 Å². The molecule has 1 fully saturated rings. The lowest BCUT2D eigenvalue weighted by Crippen LogP contribution is -2.51. The fourth-order valence-electron chi connectivity index (χ4n) is 3.39. The molecule has 1 saturated heterocycles. The second kappa shape index (κ2) is 13.6. The summed E-state index contributed by atoms with van der Waals surface area (Å²) in [5, 5.41) is 30.3. The number of rotatable bonds is 8. The van der Waals surface area contributed by atoms with Crippen LogP contribution in [0.3, 0.4) is 0 Å². The van der Waals surface area contributed by atoms with Crippen molar-refractivity contribution in [2.75, 3.05) is 24.6 Å². The maximum absolute atomic E-state index is 12.7. The summed E-state index contributed by atoms with van der Waals surface area (Å²) >= 11 is 1.73. The Balaban J connectivity index is 0.000000638. The van der Waals surface area contributed by atoms with Gasteiger partial charge in [-0.1, -0.05) is 29.4 Å². The topological polar surface area (TPSA) is 195 Å². The lowest BCUT2D eigenvalue weighted by Gasteiger charge is -2.30. The predicted molar refractivity (Wildman–Crippen MR) is 130 cm³/mol. The van der Waals surface area contributed by atoms with Gasteiger partial charge in [0.05, 0.1) is 18.6 Å². The number of oxime groups is 1. The van der Waals surface area contributed by atoms with E-state index in [1.54, 1.807) is 40.9 Å². The first-order valence-corrected chi connectivity index (χ1v) is 12.3. The number of alkyl halides is 3.